The molecule has 114 valence electrons. The molecule has 0 aromatic carbocycles. The van der Waals surface area contributed by atoms with Crippen molar-refractivity contribution in [3.63, 3.8) is 0 Å². The van der Waals surface area contributed by atoms with Gasteiger partial charge in [0.2, 0.25) is 0 Å². The molecule has 0 spiro atoms. The quantitative estimate of drug-likeness (QED) is 0.904. The number of likely N-dealkylation sites (tertiary alicyclic amines) is 1. The predicted octanol–water partition coefficient (Wildman–Crippen LogP) is 1.41. The average molecular weight is 281 g/mol. The van der Waals surface area contributed by atoms with Gasteiger partial charge in [0, 0.05) is 12.6 Å². The molecular weight excluding hydrogens is 254 g/mol. The molecule has 2 unspecified atom stereocenters. The molecule has 0 aliphatic carbocycles. The number of aliphatic hydroxyl groups is 1. The van der Waals surface area contributed by atoms with E-state index in [9.17, 15) is 5.11 Å². The Bertz CT molecular complexity index is 425. The van der Waals surface area contributed by atoms with Gasteiger partial charge in [-0.1, -0.05) is 6.92 Å². The summed E-state index contributed by atoms with van der Waals surface area (Å²) >= 11 is 0. The Morgan fingerprint density at radius 2 is 2.10 bits per heavy atom. The van der Waals surface area contributed by atoms with E-state index >= 15 is 0 Å². The molecule has 1 N–H and O–H groups in total. The molecule has 0 bridgehead atoms. The van der Waals surface area contributed by atoms with Crippen molar-refractivity contribution in [1.82, 2.24) is 25.1 Å². The van der Waals surface area contributed by atoms with E-state index in [2.05, 4.69) is 48.1 Å². The molecule has 1 saturated heterocycles. The zero-order valence-electron chi connectivity index (χ0n) is 13.1. The Hall–Kier alpha value is -1.01. The van der Waals surface area contributed by atoms with E-state index in [0.29, 0.717) is 12.0 Å². The molecule has 1 aromatic rings. The van der Waals surface area contributed by atoms with Gasteiger partial charge in [0.05, 0.1) is 12.1 Å². The number of tetrazole rings is 1. The zero-order chi connectivity index (χ0) is 14.8. The van der Waals surface area contributed by atoms with Crippen LogP contribution in [-0.2, 0) is 12.1 Å². The fraction of sp³-hybridized carbons (Fsp3) is 0.929. The largest absolute Gasteiger partial charge is 0.396 e. The molecule has 1 aliphatic rings. The SMILES string of the molecule is CC1CCCN(Cc2nnnn2C(C)(C)C)C1CCO. The number of hydrogen-bond acceptors (Lipinski definition) is 5. The third-order valence-electron chi connectivity index (χ3n) is 4.17. The number of hydrogen-bond donors (Lipinski definition) is 1. The molecule has 6 nitrogen and oxygen atoms in total. The Balaban J connectivity index is 2.13. The van der Waals surface area contributed by atoms with E-state index in [4.69, 9.17) is 0 Å². The topological polar surface area (TPSA) is 67.1 Å². The summed E-state index contributed by atoms with van der Waals surface area (Å²) in [5.74, 6) is 1.53. The lowest BCUT2D eigenvalue weighted by molar-refractivity contribution is 0.0672. The third-order valence-corrected chi connectivity index (χ3v) is 4.17. The van der Waals surface area contributed by atoms with Crippen molar-refractivity contribution in [3.8, 4) is 0 Å². The van der Waals surface area contributed by atoms with Gasteiger partial charge in [-0.3, -0.25) is 4.90 Å². The van der Waals surface area contributed by atoms with Crippen LogP contribution in [0, 0.1) is 5.92 Å². The Labute approximate surface area is 121 Å². The van der Waals surface area contributed by atoms with Gasteiger partial charge in [-0.05, 0) is 62.9 Å². The van der Waals surface area contributed by atoms with Crippen molar-refractivity contribution >= 4 is 0 Å². The van der Waals surface area contributed by atoms with Crippen molar-refractivity contribution in [2.75, 3.05) is 13.2 Å². The molecule has 0 radical (unpaired) electrons. The molecule has 2 rings (SSSR count). The van der Waals surface area contributed by atoms with Crippen LogP contribution >= 0.6 is 0 Å². The molecule has 0 saturated carbocycles. The first kappa shape index (κ1) is 15.4. The summed E-state index contributed by atoms with van der Waals surface area (Å²) in [6.07, 6.45) is 3.28. The summed E-state index contributed by atoms with van der Waals surface area (Å²) in [6, 6.07) is 0.430. The van der Waals surface area contributed by atoms with Gasteiger partial charge in [0.25, 0.3) is 0 Å². The minimum absolute atomic E-state index is 0.104. The molecule has 1 aromatic heterocycles. The van der Waals surface area contributed by atoms with Gasteiger partial charge in [-0.15, -0.1) is 5.10 Å². The Morgan fingerprint density at radius 3 is 2.75 bits per heavy atom. The maximum Gasteiger partial charge on any atom is 0.165 e. The Morgan fingerprint density at radius 1 is 1.35 bits per heavy atom. The van der Waals surface area contributed by atoms with Crippen molar-refractivity contribution in [2.45, 2.75) is 65.1 Å². The summed E-state index contributed by atoms with van der Waals surface area (Å²) in [5, 5.41) is 21.4. The van der Waals surface area contributed by atoms with Crippen LogP contribution in [0.3, 0.4) is 0 Å². The highest BCUT2D eigenvalue weighted by atomic mass is 16.3. The van der Waals surface area contributed by atoms with Gasteiger partial charge in [-0.2, -0.15) is 0 Å². The highest BCUT2D eigenvalue weighted by Crippen LogP contribution is 2.27. The van der Waals surface area contributed by atoms with Gasteiger partial charge in [0.15, 0.2) is 5.82 Å². The lowest BCUT2D eigenvalue weighted by Gasteiger charge is -2.39. The molecule has 20 heavy (non-hydrogen) atoms. The Kier molecular flexibility index (Phi) is 4.75. The number of rotatable bonds is 4. The number of aromatic nitrogens is 4. The first-order valence-corrected chi connectivity index (χ1v) is 7.56. The van der Waals surface area contributed by atoms with E-state index in [-0.39, 0.29) is 12.1 Å². The zero-order valence-corrected chi connectivity index (χ0v) is 13.1. The lowest BCUT2D eigenvalue weighted by Crippen LogP contribution is -2.45. The van der Waals surface area contributed by atoms with E-state index in [1.54, 1.807) is 0 Å². The highest BCUT2D eigenvalue weighted by Gasteiger charge is 2.30. The van der Waals surface area contributed by atoms with E-state index in [0.717, 1.165) is 25.3 Å². The predicted molar refractivity (Wildman–Crippen MR) is 77.1 cm³/mol. The average Bonchev–Trinajstić information content (AvgIpc) is 2.81. The smallest absolute Gasteiger partial charge is 0.165 e. The fourth-order valence-corrected chi connectivity index (χ4v) is 3.14. The molecular formula is C14H27N5O. The van der Waals surface area contributed by atoms with Crippen LogP contribution in [0.5, 0.6) is 0 Å². The number of nitrogens with zero attached hydrogens (tertiary/aromatic N) is 5. The number of piperidine rings is 1. The summed E-state index contributed by atoms with van der Waals surface area (Å²) in [7, 11) is 0. The minimum atomic E-state index is -0.104. The normalized spacial score (nSPS) is 25.1. The summed E-state index contributed by atoms with van der Waals surface area (Å²) < 4.78 is 1.91. The molecule has 2 atom stereocenters. The van der Waals surface area contributed by atoms with Crippen molar-refractivity contribution in [2.24, 2.45) is 5.92 Å². The monoisotopic (exact) mass is 281 g/mol. The molecule has 1 aliphatic heterocycles. The highest BCUT2D eigenvalue weighted by molar-refractivity contribution is 4.91. The second-order valence-corrected chi connectivity index (χ2v) is 6.85. The van der Waals surface area contributed by atoms with Crippen molar-refractivity contribution in [1.29, 1.82) is 0 Å². The first-order chi connectivity index (χ1) is 9.43. The molecule has 2 heterocycles. The number of aliphatic hydroxyl groups excluding tert-OH is 1. The maximum atomic E-state index is 9.29. The minimum Gasteiger partial charge on any atom is -0.396 e. The summed E-state index contributed by atoms with van der Waals surface area (Å²) in [6.45, 7) is 10.7. The third kappa shape index (κ3) is 3.35. The standard InChI is InChI=1S/C14H27N5O/c1-11-6-5-8-18(12(11)7-9-20)10-13-15-16-17-19(13)14(2,3)4/h11-12,20H,5-10H2,1-4H3. The van der Waals surface area contributed by atoms with Gasteiger partial charge in [-0.25, -0.2) is 4.68 Å². The lowest BCUT2D eigenvalue weighted by atomic mass is 9.89. The summed E-state index contributed by atoms with van der Waals surface area (Å²) in [5.41, 5.74) is -0.104. The van der Waals surface area contributed by atoms with Crippen LogP contribution in [0.2, 0.25) is 0 Å². The van der Waals surface area contributed by atoms with Crippen molar-refractivity contribution < 1.29 is 5.11 Å². The summed E-state index contributed by atoms with van der Waals surface area (Å²) in [4.78, 5) is 2.43. The van der Waals surface area contributed by atoms with Crippen LogP contribution in [0.25, 0.3) is 0 Å². The second-order valence-electron chi connectivity index (χ2n) is 6.85. The first-order valence-electron chi connectivity index (χ1n) is 7.56. The van der Waals surface area contributed by atoms with Crippen LogP contribution < -0.4 is 0 Å². The van der Waals surface area contributed by atoms with E-state index < -0.39 is 0 Å². The molecule has 6 heteroatoms. The van der Waals surface area contributed by atoms with Crippen LogP contribution in [0.15, 0.2) is 0 Å². The van der Waals surface area contributed by atoms with Crippen molar-refractivity contribution in [3.05, 3.63) is 5.82 Å². The van der Waals surface area contributed by atoms with E-state index in [1.165, 1.54) is 12.8 Å². The maximum absolute atomic E-state index is 9.29. The molecule has 1 fully saturated rings. The van der Waals surface area contributed by atoms with Crippen LogP contribution in [0.1, 0.15) is 52.8 Å². The van der Waals surface area contributed by atoms with Gasteiger partial charge >= 0.3 is 0 Å². The fourth-order valence-electron chi connectivity index (χ4n) is 3.14. The van der Waals surface area contributed by atoms with Gasteiger partial charge < -0.3 is 5.11 Å². The molecule has 0 amide bonds. The van der Waals surface area contributed by atoms with Gasteiger partial charge in [0.1, 0.15) is 0 Å². The van der Waals surface area contributed by atoms with Crippen LogP contribution in [-0.4, -0.2) is 49.4 Å². The van der Waals surface area contributed by atoms with E-state index in [1.807, 2.05) is 4.68 Å². The second kappa shape index (κ2) is 6.18. The van der Waals surface area contributed by atoms with Crippen LogP contribution in [0.4, 0.5) is 0 Å².